The predicted molar refractivity (Wildman–Crippen MR) is 63.2 cm³/mol. The first-order valence-electron chi connectivity index (χ1n) is 4.87. The lowest BCUT2D eigenvalue weighted by atomic mass is 10.0. The number of fused-ring (bicyclic) bond motifs is 1. The fourth-order valence-corrected chi connectivity index (χ4v) is 1.61. The van der Waals surface area contributed by atoms with Crippen LogP contribution in [0.3, 0.4) is 0 Å². The van der Waals surface area contributed by atoms with Crippen molar-refractivity contribution in [2.75, 3.05) is 0 Å². The lowest BCUT2D eigenvalue weighted by Crippen LogP contribution is -1.80. The molecule has 2 aromatic rings. The Labute approximate surface area is 89.3 Å². The minimum atomic E-state index is 1.00. The summed E-state index contributed by atoms with van der Waals surface area (Å²) in [5, 5.41) is 11.0. The van der Waals surface area contributed by atoms with E-state index in [2.05, 4.69) is 30.3 Å². The lowest BCUT2D eigenvalue weighted by molar-refractivity contribution is 1.52. The molecule has 0 bridgehead atoms. The summed E-state index contributed by atoms with van der Waals surface area (Å²) in [5.41, 5.74) is 2.11. The maximum Gasteiger partial charge on any atom is 0.0915 e. The molecule has 2 rings (SSSR count). The molecule has 1 nitrogen and oxygen atoms in total. The van der Waals surface area contributed by atoms with Gasteiger partial charge in [-0.2, -0.15) is 5.26 Å². The van der Waals surface area contributed by atoms with Crippen molar-refractivity contribution in [2.45, 2.75) is 6.92 Å². The van der Waals surface area contributed by atoms with E-state index in [0.717, 1.165) is 11.1 Å². The zero-order valence-electron chi connectivity index (χ0n) is 8.57. The first-order chi connectivity index (χ1) is 7.31. The van der Waals surface area contributed by atoms with Crippen molar-refractivity contribution in [3.63, 3.8) is 0 Å². The number of allylic oxidation sites excluding steroid dienone is 2. The van der Waals surface area contributed by atoms with E-state index in [4.69, 9.17) is 5.26 Å². The molecule has 0 aliphatic rings. The molecule has 0 spiro atoms. The van der Waals surface area contributed by atoms with E-state index < -0.39 is 0 Å². The van der Waals surface area contributed by atoms with Crippen LogP contribution in [0.5, 0.6) is 0 Å². The van der Waals surface area contributed by atoms with Crippen LogP contribution >= 0.6 is 0 Å². The van der Waals surface area contributed by atoms with Crippen molar-refractivity contribution in [3.8, 4) is 6.07 Å². The smallest absolute Gasteiger partial charge is 0.0915 e. The van der Waals surface area contributed by atoms with Gasteiger partial charge in [-0.3, -0.25) is 0 Å². The Morgan fingerprint density at radius 1 is 1.13 bits per heavy atom. The molecule has 0 saturated heterocycles. The standard InChI is InChI=1S/C14H11N/c1-11(8-9-15)13-7-6-12-4-2-3-5-14(12)10-13/h2-8,10H,1H3/b11-8-. The van der Waals surface area contributed by atoms with Gasteiger partial charge in [0.25, 0.3) is 0 Å². The lowest BCUT2D eigenvalue weighted by Gasteiger charge is -2.02. The number of benzene rings is 2. The van der Waals surface area contributed by atoms with Crippen LogP contribution in [0.2, 0.25) is 0 Å². The third kappa shape index (κ3) is 1.89. The molecule has 0 unspecified atom stereocenters. The van der Waals surface area contributed by atoms with E-state index in [1.807, 2.05) is 25.1 Å². The van der Waals surface area contributed by atoms with Crippen molar-refractivity contribution in [1.29, 1.82) is 5.26 Å². The molecule has 0 aliphatic heterocycles. The number of nitrogens with zero attached hydrogens (tertiary/aromatic N) is 1. The van der Waals surface area contributed by atoms with Crippen molar-refractivity contribution in [3.05, 3.63) is 54.1 Å². The molecular formula is C14H11N. The summed E-state index contributed by atoms with van der Waals surface area (Å²) in [7, 11) is 0. The van der Waals surface area contributed by atoms with Gasteiger partial charge in [0.15, 0.2) is 0 Å². The molecule has 0 saturated carbocycles. The monoisotopic (exact) mass is 193 g/mol. The Bertz CT molecular complexity index is 559. The van der Waals surface area contributed by atoms with Gasteiger partial charge < -0.3 is 0 Å². The summed E-state index contributed by atoms with van der Waals surface area (Å²) in [6, 6.07) is 16.5. The van der Waals surface area contributed by atoms with Gasteiger partial charge in [0.1, 0.15) is 0 Å². The summed E-state index contributed by atoms with van der Waals surface area (Å²) in [4.78, 5) is 0. The van der Waals surface area contributed by atoms with Crippen molar-refractivity contribution in [1.82, 2.24) is 0 Å². The summed E-state index contributed by atoms with van der Waals surface area (Å²) >= 11 is 0. The Balaban J connectivity index is 2.57. The number of nitriles is 1. The van der Waals surface area contributed by atoms with Crippen molar-refractivity contribution in [2.24, 2.45) is 0 Å². The molecule has 1 heteroatoms. The maximum atomic E-state index is 8.58. The minimum Gasteiger partial charge on any atom is -0.193 e. The van der Waals surface area contributed by atoms with Crippen LogP contribution in [-0.2, 0) is 0 Å². The number of hydrogen-bond acceptors (Lipinski definition) is 1. The van der Waals surface area contributed by atoms with E-state index in [0.29, 0.717) is 0 Å². The molecule has 0 aliphatic carbocycles. The highest BCUT2D eigenvalue weighted by atomic mass is 14.2. The molecule has 72 valence electrons. The average molecular weight is 193 g/mol. The predicted octanol–water partition coefficient (Wildman–Crippen LogP) is 3.77. The highest BCUT2D eigenvalue weighted by molar-refractivity contribution is 5.86. The molecule has 0 N–H and O–H groups in total. The SMILES string of the molecule is C/C(=C/C#N)c1ccc2ccccc2c1. The third-order valence-corrected chi connectivity index (χ3v) is 2.49. The van der Waals surface area contributed by atoms with Crippen LogP contribution in [-0.4, -0.2) is 0 Å². The maximum absolute atomic E-state index is 8.58. The van der Waals surface area contributed by atoms with Gasteiger partial charge >= 0.3 is 0 Å². The number of hydrogen-bond donors (Lipinski definition) is 0. The van der Waals surface area contributed by atoms with Crippen LogP contribution in [0, 0.1) is 11.3 Å². The largest absolute Gasteiger partial charge is 0.193 e. The van der Waals surface area contributed by atoms with Crippen LogP contribution < -0.4 is 0 Å². The topological polar surface area (TPSA) is 23.8 Å². The molecule has 0 fully saturated rings. The van der Waals surface area contributed by atoms with E-state index >= 15 is 0 Å². The summed E-state index contributed by atoms with van der Waals surface area (Å²) in [5.74, 6) is 0. The van der Waals surface area contributed by atoms with Crippen LogP contribution in [0.4, 0.5) is 0 Å². The number of rotatable bonds is 1. The molecule has 0 radical (unpaired) electrons. The quantitative estimate of drug-likeness (QED) is 0.632. The molecule has 0 amide bonds. The van der Waals surface area contributed by atoms with Gasteiger partial charge in [0.2, 0.25) is 0 Å². The first-order valence-corrected chi connectivity index (χ1v) is 4.87. The summed E-state index contributed by atoms with van der Waals surface area (Å²) < 4.78 is 0. The minimum absolute atomic E-state index is 1.00. The Hall–Kier alpha value is -2.07. The van der Waals surface area contributed by atoms with Crippen molar-refractivity contribution >= 4 is 16.3 Å². The van der Waals surface area contributed by atoms with E-state index in [1.165, 1.54) is 10.8 Å². The molecule has 0 atom stereocenters. The van der Waals surface area contributed by atoms with Gasteiger partial charge in [-0.25, -0.2) is 0 Å². The normalized spacial score (nSPS) is 11.3. The van der Waals surface area contributed by atoms with Crippen molar-refractivity contribution < 1.29 is 0 Å². The Morgan fingerprint density at radius 2 is 1.87 bits per heavy atom. The molecule has 0 heterocycles. The fraction of sp³-hybridized carbons (Fsp3) is 0.0714. The first kappa shape index (κ1) is 9.48. The summed E-state index contributed by atoms with van der Waals surface area (Å²) in [6.07, 6.45) is 1.57. The second-order valence-electron chi connectivity index (χ2n) is 3.52. The zero-order valence-corrected chi connectivity index (χ0v) is 8.57. The van der Waals surface area contributed by atoms with E-state index in [9.17, 15) is 0 Å². The highest BCUT2D eigenvalue weighted by Crippen LogP contribution is 2.20. The van der Waals surface area contributed by atoms with Gasteiger partial charge in [0.05, 0.1) is 6.07 Å². The van der Waals surface area contributed by atoms with Crippen LogP contribution in [0.25, 0.3) is 16.3 Å². The third-order valence-electron chi connectivity index (χ3n) is 2.49. The fourth-order valence-electron chi connectivity index (χ4n) is 1.61. The molecule has 2 aromatic carbocycles. The molecule has 15 heavy (non-hydrogen) atoms. The van der Waals surface area contributed by atoms with E-state index in [1.54, 1.807) is 6.08 Å². The highest BCUT2D eigenvalue weighted by Gasteiger charge is 1.97. The Kier molecular flexibility index (Phi) is 2.51. The van der Waals surface area contributed by atoms with Gasteiger partial charge in [0, 0.05) is 6.08 Å². The molecule has 0 aromatic heterocycles. The summed E-state index contributed by atoms with van der Waals surface area (Å²) in [6.45, 7) is 1.95. The molecular weight excluding hydrogens is 182 g/mol. The second kappa shape index (κ2) is 3.98. The van der Waals surface area contributed by atoms with Crippen LogP contribution in [0.1, 0.15) is 12.5 Å². The zero-order chi connectivity index (χ0) is 10.7. The van der Waals surface area contributed by atoms with Gasteiger partial charge in [-0.15, -0.1) is 0 Å². The second-order valence-corrected chi connectivity index (χ2v) is 3.52. The average Bonchev–Trinajstić information content (AvgIpc) is 2.29. The van der Waals surface area contributed by atoms with Gasteiger partial charge in [-0.05, 0) is 34.9 Å². The van der Waals surface area contributed by atoms with Gasteiger partial charge in [-0.1, -0.05) is 36.4 Å². The Morgan fingerprint density at radius 3 is 2.60 bits per heavy atom. The van der Waals surface area contributed by atoms with E-state index in [-0.39, 0.29) is 0 Å². The van der Waals surface area contributed by atoms with Crippen LogP contribution in [0.15, 0.2) is 48.5 Å².